The van der Waals surface area contributed by atoms with E-state index in [1.165, 1.54) is 12.1 Å². The van der Waals surface area contributed by atoms with Crippen molar-refractivity contribution in [2.75, 3.05) is 11.9 Å². The summed E-state index contributed by atoms with van der Waals surface area (Å²) in [5.41, 5.74) is 11.0. The number of carbonyl (C=O) groups is 3. The van der Waals surface area contributed by atoms with Crippen molar-refractivity contribution < 1.29 is 47.2 Å². The van der Waals surface area contributed by atoms with Crippen molar-refractivity contribution in [3.8, 4) is 22.4 Å². The van der Waals surface area contributed by atoms with Crippen LogP contribution in [0.3, 0.4) is 0 Å². The molecule has 1 amide bonds. The van der Waals surface area contributed by atoms with Crippen molar-refractivity contribution in [3.05, 3.63) is 102 Å². The highest BCUT2D eigenvalue weighted by molar-refractivity contribution is 6.12. The number of esters is 2. The Morgan fingerprint density at radius 2 is 1.17 bits per heavy atom. The number of hydrogen-bond acceptors (Lipinski definition) is 10. The highest BCUT2D eigenvalue weighted by Gasteiger charge is 2.39. The van der Waals surface area contributed by atoms with Crippen LogP contribution in [0, 0.1) is 5.82 Å². The van der Waals surface area contributed by atoms with Crippen LogP contribution in [-0.2, 0) is 44.6 Å². The van der Waals surface area contributed by atoms with Crippen LogP contribution >= 0.6 is 0 Å². The van der Waals surface area contributed by atoms with E-state index in [1.54, 1.807) is 12.1 Å². The molecule has 6 rings (SSSR count). The number of ether oxygens (including phenoxy) is 6. The van der Waals surface area contributed by atoms with Gasteiger partial charge in [-0.1, -0.05) is 62.4 Å². The lowest BCUT2D eigenvalue weighted by Gasteiger charge is -2.41. The maximum Gasteiger partial charge on any atom is 0.308 e. The van der Waals surface area contributed by atoms with Crippen LogP contribution in [-0.4, -0.2) is 77.2 Å². The lowest BCUT2D eigenvalue weighted by Crippen LogP contribution is -2.46. The molecule has 0 unspecified atom stereocenters. The monoisotopic (exact) mass is 900 g/mol. The zero-order valence-electron chi connectivity index (χ0n) is 39.9. The minimum absolute atomic E-state index is 0.0335. The van der Waals surface area contributed by atoms with Crippen LogP contribution < -0.4 is 11.1 Å². The average Bonchev–Trinajstić information content (AvgIpc) is 3.55. The molecule has 0 bridgehead atoms. The fourth-order valence-electron chi connectivity index (χ4n) is 8.70. The Hall–Kier alpha value is -4.92. The van der Waals surface area contributed by atoms with Gasteiger partial charge >= 0.3 is 11.9 Å². The molecule has 0 radical (unpaired) electrons. The summed E-state index contributed by atoms with van der Waals surface area (Å²) in [6.07, 6.45) is 2.03. The predicted molar refractivity (Wildman–Crippen MR) is 251 cm³/mol. The molecule has 3 aromatic carbocycles. The first kappa shape index (κ1) is 51.1. The largest absolute Gasteiger partial charge is 0.463 e. The molecular weight excluding hydrogens is 830 g/mol. The third-order valence-corrected chi connectivity index (χ3v) is 10.8. The minimum Gasteiger partial charge on any atom is -0.463 e. The fourth-order valence-corrected chi connectivity index (χ4v) is 8.70. The molecule has 2 fully saturated rings. The maximum absolute atomic E-state index is 14.3. The molecule has 3 N–H and O–H groups in total. The quantitative estimate of drug-likeness (QED) is 0.104. The van der Waals surface area contributed by atoms with E-state index in [0.717, 1.165) is 34.5 Å². The van der Waals surface area contributed by atoms with E-state index in [-0.39, 0.29) is 79.0 Å². The predicted octanol–water partition coefficient (Wildman–Crippen LogP) is 10.6. The first-order chi connectivity index (χ1) is 30.7. The number of aromatic nitrogens is 1. The second kappa shape index (κ2) is 23.0. The van der Waals surface area contributed by atoms with Gasteiger partial charge in [0.25, 0.3) is 5.91 Å². The Labute approximate surface area is 384 Å². The lowest BCUT2D eigenvalue weighted by molar-refractivity contribution is -0.301. The van der Waals surface area contributed by atoms with Crippen molar-refractivity contribution in [3.63, 3.8) is 0 Å². The Morgan fingerprint density at radius 3 is 1.65 bits per heavy atom. The van der Waals surface area contributed by atoms with Gasteiger partial charge in [-0.05, 0) is 128 Å². The number of benzene rings is 3. The van der Waals surface area contributed by atoms with Gasteiger partial charge in [0.15, 0.2) is 11.6 Å². The molecule has 2 saturated heterocycles. The molecule has 0 aliphatic carbocycles. The number of nitrogens with zero attached hydrogens (tertiary/aromatic N) is 1. The summed E-state index contributed by atoms with van der Waals surface area (Å²) in [4.78, 5) is 38.5. The standard InChI is InChI=1S/C39H45FN2O5.C13H25NO4/c1-25(2)36-35(38(44)41-30-15-11-8-12-16-30)34(27-13-9-7-10-14-27)37(28-17-19-29(40)20-18-28)42(36)22-21-31-23-32(47-39(5,6)46-31)24-33(43)45-26(3)4;1-9(2)16-12(15)8-11-7-10(5-6-14)17-13(3,4)18-11/h7-20,25-26,31-32H,21-24H2,1-6H3,(H,41,44);9-11H,5-8,14H2,1-4H3/t31-,32-;10-,11-/m11/s1. The first-order valence-corrected chi connectivity index (χ1v) is 23.0. The number of hydrogen-bond donors (Lipinski definition) is 2. The van der Waals surface area contributed by atoms with Gasteiger partial charge in [0.1, 0.15) is 5.82 Å². The topological polar surface area (TPSA) is 150 Å². The van der Waals surface area contributed by atoms with Gasteiger partial charge in [-0.25, -0.2) is 4.39 Å². The van der Waals surface area contributed by atoms with Crippen molar-refractivity contribution in [2.24, 2.45) is 5.73 Å². The lowest BCUT2D eigenvalue weighted by atomic mass is 9.94. The van der Waals surface area contributed by atoms with Crippen LogP contribution in [0.4, 0.5) is 10.1 Å². The summed E-state index contributed by atoms with van der Waals surface area (Å²) in [6.45, 7) is 20.0. The highest BCUT2D eigenvalue weighted by atomic mass is 19.1. The number of rotatable bonds is 16. The Balaban J connectivity index is 0.000000370. The Bertz CT molecular complexity index is 2150. The molecule has 0 spiro atoms. The molecular formula is C52H70FN3O9. The van der Waals surface area contributed by atoms with Gasteiger partial charge in [0.2, 0.25) is 0 Å². The van der Waals surface area contributed by atoms with Gasteiger partial charge in [0.05, 0.1) is 60.7 Å². The van der Waals surface area contributed by atoms with Gasteiger partial charge < -0.3 is 44.0 Å². The van der Waals surface area contributed by atoms with Crippen molar-refractivity contribution >= 4 is 23.5 Å². The normalized spacial score (nSPS) is 20.2. The molecule has 3 heterocycles. The van der Waals surface area contributed by atoms with E-state index < -0.39 is 11.6 Å². The SMILES string of the molecule is CC(C)OC(=O)C[C@H]1C[C@@H](CCN)OC(C)(C)O1.CC(C)OC(=O)C[C@H]1C[C@@H](CCn2c(-c3ccc(F)cc3)c(-c3ccccc3)c(C(=O)Nc3ccccc3)c2C(C)C)OC(C)(C)O1. The molecule has 4 atom stereocenters. The number of amides is 1. The van der Waals surface area contributed by atoms with Crippen LogP contribution in [0.1, 0.15) is 130 Å². The summed E-state index contributed by atoms with van der Waals surface area (Å²) in [5.74, 6) is -2.66. The van der Waals surface area contributed by atoms with Crippen molar-refractivity contribution in [1.29, 1.82) is 0 Å². The number of halogens is 1. The van der Waals surface area contributed by atoms with Gasteiger partial charge in [-0.2, -0.15) is 0 Å². The van der Waals surface area contributed by atoms with Crippen LogP contribution in [0.2, 0.25) is 0 Å². The molecule has 13 heteroatoms. The summed E-state index contributed by atoms with van der Waals surface area (Å²) in [5, 5.41) is 3.12. The second-order valence-corrected chi connectivity index (χ2v) is 18.6. The molecule has 0 saturated carbocycles. The highest BCUT2D eigenvalue weighted by Crippen LogP contribution is 2.43. The third-order valence-electron chi connectivity index (χ3n) is 10.8. The smallest absolute Gasteiger partial charge is 0.308 e. The molecule has 4 aromatic rings. The summed E-state index contributed by atoms with van der Waals surface area (Å²) >= 11 is 0. The van der Waals surface area contributed by atoms with E-state index in [9.17, 15) is 18.8 Å². The molecule has 2 aliphatic rings. The van der Waals surface area contributed by atoms with Gasteiger partial charge in [-0.3, -0.25) is 14.4 Å². The molecule has 65 heavy (non-hydrogen) atoms. The van der Waals surface area contributed by atoms with E-state index >= 15 is 0 Å². The Kier molecular flexibility index (Phi) is 18.1. The molecule has 1 aromatic heterocycles. The van der Waals surface area contributed by atoms with E-state index in [2.05, 4.69) is 23.7 Å². The zero-order chi connectivity index (χ0) is 47.5. The van der Waals surface area contributed by atoms with Crippen molar-refractivity contribution in [2.45, 2.75) is 168 Å². The number of carbonyl (C=O) groups excluding carboxylic acids is 3. The number of nitrogens with two attached hydrogens (primary N) is 1. The third kappa shape index (κ3) is 15.1. The number of anilines is 1. The molecule has 2 aliphatic heterocycles. The zero-order valence-corrected chi connectivity index (χ0v) is 39.9. The summed E-state index contributed by atoms with van der Waals surface area (Å²) < 4.78 is 51.0. The number of nitrogens with one attached hydrogen (secondary N) is 1. The van der Waals surface area contributed by atoms with E-state index in [0.29, 0.717) is 43.6 Å². The number of para-hydroxylation sites is 1. The van der Waals surface area contributed by atoms with Crippen molar-refractivity contribution in [1.82, 2.24) is 4.57 Å². The van der Waals surface area contributed by atoms with Crippen LogP contribution in [0.5, 0.6) is 0 Å². The first-order valence-electron chi connectivity index (χ1n) is 23.0. The van der Waals surface area contributed by atoms with E-state index in [1.807, 2.05) is 116 Å². The summed E-state index contributed by atoms with van der Waals surface area (Å²) in [7, 11) is 0. The molecule has 12 nitrogen and oxygen atoms in total. The maximum atomic E-state index is 14.3. The molecule has 354 valence electrons. The van der Waals surface area contributed by atoms with Gasteiger partial charge in [0, 0.05) is 36.3 Å². The van der Waals surface area contributed by atoms with Gasteiger partial charge in [-0.15, -0.1) is 0 Å². The summed E-state index contributed by atoms with van der Waals surface area (Å²) in [6, 6.07) is 25.7. The van der Waals surface area contributed by atoms with Crippen LogP contribution in [0.15, 0.2) is 84.9 Å². The average molecular weight is 900 g/mol. The fraction of sp³-hybridized carbons (Fsp3) is 0.519. The minimum atomic E-state index is -0.890. The Morgan fingerprint density at radius 1 is 0.692 bits per heavy atom. The second-order valence-electron chi connectivity index (χ2n) is 18.6. The van der Waals surface area contributed by atoms with E-state index in [4.69, 9.17) is 34.2 Å². The van der Waals surface area contributed by atoms with Crippen LogP contribution in [0.25, 0.3) is 22.4 Å².